The number of urea groups is 1. The molecule has 0 unspecified atom stereocenters. The molecule has 4 N–H and O–H groups in total. The van der Waals surface area contributed by atoms with E-state index in [1.54, 1.807) is 12.1 Å². The van der Waals surface area contributed by atoms with Gasteiger partial charge in [-0.2, -0.15) is 0 Å². The minimum Gasteiger partial charge on any atom is -0.338 e. The number of nitrogens with two attached hydrogens (primary N) is 1. The fourth-order valence-electron chi connectivity index (χ4n) is 2.20. The van der Waals surface area contributed by atoms with Crippen LogP contribution in [-0.4, -0.2) is 27.5 Å². The third-order valence-corrected chi connectivity index (χ3v) is 4.74. The van der Waals surface area contributed by atoms with Gasteiger partial charge in [-0.1, -0.05) is 35.9 Å². The summed E-state index contributed by atoms with van der Waals surface area (Å²) >= 11 is 5.82. The molecule has 0 aliphatic heterocycles. The average molecular weight is 382 g/mol. The molecule has 0 heterocycles. The summed E-state index contributed by atoms with van der Waals surface area (Å²) in [4.78, 5) is 11.8. The van der Waals surface area contributed by atoms with Crippen LogP contribution in [0.15, 0.2) is 53.4 Å². The molecule has 0 aliphatic carbocycles. The van der Waals surface area contributed by atoms with E-state index in [9.17, 15) is 13.2 Å². The van der Waals surface area contributed by atoms with Crippen molar-refractivity contribution in [2.45, 2.75) is 17.7 Å². The van der Waals surface area contributed by atoms with Crippen LogP contribution in [0, 0.1) is 0 Å². The van der Waals surface area contributed by atoms with Crippen molar-refractivity contribution in [3.63, 3.8) is 0 Å². The number of nitrogens with one attached hydrogen (secondary N) is 2. The zero-order valence-electron chi connectivity index (χ0n) is 13.5. The Balaban J connectivity index is 1.67. The first-order valence-electron chi connectivity index (χ1n) is 7.72. The molecule has 2 amide bonds. The van der Waals surface area contributed by atoms with E-state index < -0.39 is 10.0 Å². The lowest BCUT2D eigenvalue weighted by Gasteiger charge is -2.08. The van der Waals surface area contributed by atoms with Crippen LogP contribution < -0.4 is 15.8 Å². The predicted molar refractivity (Wildman–Crippen MR) is 98.1 cm³/mol. The van der Waals surface area contributed by atoms with E-state index in [-0.39, 0.29) is 10.9 Å². The quantitative estimate of drug-likeness (QED) is 0.684. The predicted octanol–water partition coefficient (Wildman–Crippen LogP) is 2.07. The summed E-state index contributed by atoms with van der Waals surface area (Å²) in [5.41, 5.74) is 2.01. The molecule has 8 heteroatoms. The average Bonchev–Trinajstić information content (AvgIpc) is 2.56. The van der Waals surface area contributed by atoms with E-state index >= 15 is 0 Å². The number of carbonyl (C=O) groups is 1. The Kier molecular flexibility index (Phi) is 6.81. The Morgan fingerprint density at radius 2 is 1.32 bits per heavy atom. The van der Waals surface area contributed by atoms with E-state index in [0.717, 1.165) is 17.5 Å². The number of halogens is 1. The molecule has 25 heavy (non-hydrogen) atoms. The van der Waals surface area contributed by atoms with Crippen LogP contribution >= 0.6 is 11.6 Å². The van der Waals surface area contributed by atoms with E-state index in [2.05, 4.69) is 10.6 Å². The monoisotopic (exact) mass is 381 g/mol. The lowest BCUT2D eigenvalue weighted by atomic mass is 10.1. The van der Waals surface area contributed by atoms with Gasteiger partial charge in [0, 0.05) is 18.1 Å². The maximum Gasteiger partial charge on any atom is 0.314 e. The largest absolute Gasteiger partial charge is 0.338 e. The number of benzene rings is 2. The first-order valence-corrected chi connectivity index (χ1v) is 9.65. The molecule has 0 spiro atoms. The molecular formula is C17H20ClN3O3S. The van der Waals surface area contributed by atoms with Crippen molar-refractivity contribution in [1.29, 1.82) is 0 Å². The molecule has 2 rings (SSSR count). The molecule has 6 nitrogen and oxygen atoms in total. The molecule has 0 radical (unpaired) electrons. The van der Waals surface area contributed by atoms with E-state index in [1.807, 2.05) is 24.3 Å². The summed E-state index contributed by atoms with van der Waals surface area (Å²) in [5, 5.41) is 11.3. The van der Waals surface area contributed by atoms with Gasteiger partial charge < -0.3 is 10.6 Å². The number of hydrogen-bond donors (Lipinski definition) is 3. The summed E-state index contributed by atoms with van der Waals surface area (Å²) < 4.78 is 22.3. The van der Waals surface area contributed by atoms with Crippen LogP contribution in [0.3, 0.4) is 0 Å². The van der Waals surface area contributed by atoms with Crippen molar-refractivity contribution >= 4 is 27.7 Å². The number of amides is 2. The number of carbonyl (C=O) groups excluding carboxylic acids is 1. The summed E-state index contributed by atoms with van der Waals surface area (Å²) in [6.07, 6.45) is 1.31. The first-order chi connectivity index (χ1) is 11.8. The lowest BCUT2D eigenvalue weighted by molar-refractivity contribution is 0.241. The van der Waals surface area contributed by atoms with Crippen LogP contribution in [0.1, 0.15) is 11.1 Å². The molecule has 0 saturated carbocycles. The molecule has 2 aromatic carbocycles. The molecule has 2 aromatic rings. The molecule has 0 bridgehead atoms. The van der Waals surface area contributed by atoms with Gasteiger partial charge in [-0.05, 0) is 48.2 Å². The number of primary sulfonamides is 1. The highest BCUT2D eigenvalue weighted by Crippen LogP contribution is 2.10. The van der Waals surface area contributed by atoms with Crippen molar-refractivity contribution in [1.82, 2.24) is 10.6 Å². The van der Waals surface area contributed by atoms with Gasteiger partial charge in [0.1, 0.15) is 0 Å². The highest BCUT2D eigenvalue weighted by atomic mass is 35.5. The molecule has 0 atom stereocenters. The van der Waals surface area contributed by atoms with Gasteiger partial charge in [-0.3, -0.25) is 0 Å². The Hall–Kier alpha value is -2.09. The van der Waals surface area contributed by atoms with Crippen LogP contribution in [0.4, 0.5) is 4.79 Å². The summed E-state index contributed by atoms with van der Waals surface area (Å²) in [6.45, 7) is 0.970. The van der Waals surface area contributed by atoms with Crippen molar-refractivity contribution in [2.75, 3.05) is 13.1 Å². The second-order valence-corrected chi connectivity index (χ2v) is 7.50. The van der Waals surface area contributed by atoms with Crippen molar-refractivity contribution in [3.05, 3.63) is 64.7 Å². The van der Waals surface area contributed by atoms with Gasteiger partial charge >= 0.3 is 6.03 Å². The van der Waals surface area contributed by atoms with E-state index in [0.29, 0.717) is 24.5 Å². The Labute approximate surface area is 152 Å². The van der Waals surface area contributed by atoms with Gasteiger partial charge in [-0.15, -0.1) is 0 Å². The molecular weight excluding hydrogens is 362 g/mol. The van der Waals surface area contributed by atoms with Gasteiger partial charge in [0.25, 0.3) is 0 Å². The molecule has 0 fully saturated rings. The minimum atomic E-state index is -3.68. The van der Waals surface area contributed by atoms with Gasteiger partial charge in [0.05, 0.1) is 4.90 Å². The standard InChI is InChI=1S/C17H20ClN3O3S/c18-15-5-1-13(2-6-15)9-11-20-17(22)21-12-10-14-3-7-16(8-4-14)25(19,23)24/h1-8H,9-12H2,(H2,19,23,24)(H2,20,21,22). The second-order valence-electron chi connectivity index (χ2n) is 5.50. The zero-order chi connectivity index (χ0) is 18.3. The Morgan fingerprint density at radius 3 is 1.76 bits per heavy atom. The maximum atomic E-state index is 11.7. The molecule has 0 saturated heterocycles. The van der Waals surface area contributed by atoms with E-state index in [4.69, 9.17) is 16.7 Å². The Morgan fingerprint density at radius 1 is 0.880 bits per heavy atom. The third kappa shape index (κ3) is 6.74. The number of sulfonamides is 1. The van der Waals surface area contributed by atoms with Crippen LogP contribution in [0.5, 0.6) is 0 Å². The molecule has 0 aromatic heterocycles. The topological polar surface area (TPSA) is 101 Å². The molecule has 0 aliphatic rings. The summed E-state index contributed by atoms with van der Waals surface area (Å²) in [5.74, 6) is 0. The van der Waals surface area contributed by atoms with Crippen LogP contribution in [0.25, 0.3) is 0 Å². The SMILES string of the molecule is NS(=O)(=O)c1ccc(CCNC(=O)NCCc2ccc(Cl)cc2)cc1. The Bertz CT molecular complexity index is 806. The normalized spacial score (nSPS) is 11.1. The smallest absolute Gasteiger partial charge is 0.314 e. The summed E-state index contributed by atoms with van der Waals surface area (Å²) in [7, 11) is -3.68. The van der Waals surface area contributed by atoms with Gasteiger partial charge in [0.2, 0.25) is 10.0 Å². The third-order valence-electron chi connectivity index (χ3n) is 3.56. The summed E-state index contributed by atoms with van der Waals surface area (Å²) in [6, 6.07) is 13.5. The number of hydrogen-bond acceptors (Lipinski definition) is 3. The van der Waals surface area contributed by atoms with Gasteiger partial charge in [-0.25, -0.2) is 18.4 Å². The highest BCUT2D eigenvalue weighted by Gasteiger charge is 2.06. The zero-order valence-corrected chi connectivity index (χ0v) is 15.1. The van der Waals surface area contributed by atoms with Crippen molar-refractivity contribution in [3.8, 4) is 0 Å². The van der Waals surface area contributed by atoms with Crippen molar-refractivity contribution in [2.24, 2.45) is 5.14 Å². The lowest BCUT2D eigenvalue weighted by Crippen LogP contribution is -2.37. The molecule has 134 valence electrons. The fourth-order valence-corrected chi connectivity index (χ4v) is 2.84. The fraction of sp³-hybridized carbons (Fsp3) is 0.235. The second kappa shape index (κ2) is 8.84. The van der Waals surface area contributed by atoms with Crippen LogP contribution in [0.2, 0.25) is 5.02 Å². The highest BCUT2D eigenvalue weighted by molar-refractivity contribution is 7.89. The maximum absolute atomic E-state index is 11.7. The van der Waals surface area contributed by atoms with Gasteiger partial charge in [0.15, 0.2) is 0 Å². The minimum absolute atomic E-state index is 0.0733. The van der Waals surface area contributed by atoms with E-state index in [1.165, 1.54) is 12.1 Å². The van der Waals surface area contributed by atoms with Crippen molar-refractivity contribution < 1.29 is 13.2 Å². The number of rotatable bonds is 7. The first kappa shape index (κ1) is 19.2. The van der Waals surface area contributed by atoms with Crippen LogP contribution in [-0.2, 0) is 22.9 Å².